The van der Waals surface area contributed by atoms with Gasteiger partial charge in [-0.15, -0.1) is 70.8 Å². The molecule has 12 aromatic carbocycles. The fourth-order valence-electron chi connectivity index (χ4n) is 12.7. The minimum Gasteiger partial charge on any atom is -0.366 e. The molecule has 96 heavy (non-hydrogen) atoms. The zero-order chi connectivity index (χ0) is 63.9. The summed E-state index contributed by atoms with van der Waals surface area (Å²) in [6.07, 6.45) is 29.2. The second kappa shape index (κ2) is 37.3. The molecule has 0 amide bonds. The molecule has 0 saturated heterocycles. The van der Waals surface area contributed by atoms with Crippen LogP contribution in [0.4, 0.5) is 0 Å². The van der Waals surface area contributed by atoms with Gasteiger partial charge in [0.05, 0.1) is 0 Å². The molecule has 0 aromatic heterocycles. The molecule has 0 radical (unpaired) electrons. The van der Waals surface area contributed by atoms with Crippen molar-refractivity contribution >= 4 is 111 Å². The van der Waals surface area contributed by atoms with Crippen LogP contribution >= 0.6 is 31.7 Å². The quantitative estimate of drug-likeness (QED) is 0.0495. The van der Waals surface area contributed by atoms with Crippen molar-refractivity contribution in [2.45, 2.75) is 26.2 Å². The van der Waals surface area contributed by atoms with Crippen LogP contribution in [0.3, 0.4) is 0 Å². The van der Waals surface area contributed by atoms with Gasteiger partial charge in [0.25, 0.3) is 0 Å². The van der Waals surface area contributed by atoms with E-state index in [1.807, 2.05) is 24.3 Å². The van der Waals surface area contributed by atoms with Gasteiger partial charge in [-0.05, 0) is 119 Å². The van der Waals surface area contributed by atoms with Crippen LogP contribution in [0.2, 0.25) is 26.2 Å². The third-order valence-electron chi connectivity index (χ3n) is 17.6. The molecule has 0 spiro atoms. The molecule has 12 aromatic rings. The minimum absolute atomic E-state index is 0. The maximum atomic E-state index is 7.29. The Bertz CT molecular complexity index is 3880. The van der Waals surface area contributed by atoms with Crippen LogP contribution in [0.15, 0.2) is 315 Å². The van der Waals surface area contributed by atoms with Crippen LogP contribution in [0.25, 0.3) is 22.3 Å². The first-order chi connectivity index (χ1) is 45.0. The summed E-state index contributed by atoms with van der Waals surface area (Å²) in [5.74, 6) is 12.4. The van der Waals surface area contributed by atoms with Crippen LogP contribution in [0, 0.1) is 49.4 Å². The van der Waals surface area contributed by atoms with Crippen LogP contribution in [0.5, 0.6) is 0 Å². The van der Waals surface area contributed by atoms with Gasteiger partial charge in [-0.25, -0.2) is 0 Å². The van der Waals surface area contributed by atoms with Crippen molar-refractivity contribution in [3.8, 4) is 45.9 Å². The average molecular weight is 2070 g/mol. The van der Waals surface area contributed by atoms with Crippen molar-refractivity contribution in [3.63, 3.8) is 0 Å². The standard InChI is InChI=1S/2C25H22P2.2C18H12Si.4Au/c2*1-5-13-22(14-6-1)26(23-15-7-2-8-16-23)21-27(24-17-9-3-10-18-24)25-19-11-4-12-20-25;2*1-5-13-7-9-15-16-10-8-14(6-2)12-18(16)19(3,4)17(15)11-13;;;;/h2*1-20H,21H2;2*7-12H,3-4H3;;;;/q;;2*-2;4*+1/p+4. The van der Waals surface area contributed by atoms with Crippen molar-refractivity contribution < 1.29 is 89.5 Å². The Kier molecular flexibility index (Phi) is 30.0. The largest absolute Gasteiger partial charge is 1.00 e. The van der Waals surface area contributed by atoms with Crippen LogP contribution in [-0.2, 0) is 89.5 Å². The van der Waals surface area contributed by atoms with Gasteiger partial charge in [-0.2, -0.15) is 0 Å². The van der Waals surface area contributed by atoms with E-state index in [0.717, 1.165) is 22.3 Å². The van der Waals surface area contributed by atoms with Gasteiger partial charge in [-0.3, -0.25) is 23.7 Å². The van der Waals surface area contributed by atoms with Gasteiger partial charge < -0.3 is 25.7 Å². The number of benzene rings is 12. The molecule has 2 aliphatic heterocycles. The molecule has 0 saturated carbocycles. The van der Waals surface area contributed by atoms with Crippen LogP contribution in [-0.4, -0.2) is 28.0 Å². The Balaban J connectivity index is 0.000000180. The van der Waals surface area contributed by atoms with E-state index < -0.39 is 47.8 Å². The van der Waals surface area contributed by atoms with Crippen LogP contribution in [0.1, 0.15) is 22.3 Å². The Morgan fingerprint density at radius 3 is 0.510 bits per heavy atom. The Morgan fingerprint density at radius 2 is 0.375 bits per heavy atom. The molecule has 2 heterocycles. The van der Waals surface area contributed by atoms with E-state index in [4.69, 9.17) is 25.7 Å². The molecule has 484 valence electrons. The second-order valence-corrected chi connectivity index (χ2v) is 43.9. The first-order valence-corrected chi connectivity index (χ1v) is 44.0. The molecule has 10 heteroatoms. The second-order valence-electron chi connectivity index (χ2n) is 24.0. The molecule has 14 rings (SSSR count). The van der Waals surface area contributed by atoms with Gasteiger partial charge in [0, 0.05) is 0 Å². The summed E-state index contributed by atoms with van der Waals surface area (Å²) in [6, 6.07) is 113. The van der Waals surface area contributed by atoms with E-state index in [0.29, 0.717) is 0 Å². The van der Waals surface area contributed by atoms with Gasteiger partial charge in [0.1, 0.15) is 90.3 Å². The molecule has 0 nitrogen and oxygen atoms in total. The molecule has 2 aliphatic rings. The molecule has 0 aliphatic carbocycles. The molecule has 0 fully saturated rings. The fraction of sp³-hybridized carbons (Fsp3) is 0.0698. The summed E-state index contributed by atoms with van der Waals surface area (Å²) in [7, 11) is -6.84. The Morgan fingerprint density at radius 1 is 0.229 bits per heavy atom. The molecule has 0 N–H and O–H groups in total. The molecule has 0 unspecified atom stereocenters. The number of fused-ring (bicyclic) bond motifs is 6. The Hall–Kier alpha value is -6.01. The van der Waals surface area contributed by atoms with E-state index in [9.17, 15) is 0 Å². The molecule has 0 bridgehead atoms. The third-order valence-corrected chi connectivity index (χ3v) is 38.6. The zero-order valence-electron chi connectivity index (χ0n) is 53.6. The predicted molar refractivity (Wildman–Crippen MR) is 414 cm³/mol. The summed E-state index contributed by atoms with van der Waals surface area (Å²) in [6.45, 7) is 9.27. The van der Waals surface area contributed by atoms with E-state index in [1.54, 1.807) is 0 Å². The van der Waals surface area contributed by atoms with E-state index in [-0.39, 0.29) is 89.5 Å². The van der Waals surface area contributed by atoms with Crippen molar-refractivity contribution in [2.75, 3.05) is 11.8 Å². The first kappa shape index (κ1) is 77.3. The first-order valence-electron chi connectivity index (χ1n) is 31.2. The number of hydrogen-bond donors (Lipinski definition) is 0. The van der Waals surface area contributed by atoms with Gasteiger partial charge in [0.2, 0.25) is 0 Å². The van der Waals surface area contributed by atoms with E-state index in [1.165, 1.54) is 97.2 Å². The average Bonchev–Trinajstić information content (AvgIpc) is 1.59. The fourth-order valence-corrected chi connectivity index (χ4v) is 34.4. The third kappa shape index (κ3) is 18.4. The van der Waals surface area contributed by atoms with Crippen molar-refractivity contribution in [3.05, 3.63) is 363 Å². The maximum Gasteiger partial charge on any atom is 1.00 e. The summed E-state index contributed by atoms with van der Waals surface area (Å²) < 4.78 is 0. The Labute approximate surface area is 640 Å². The summed E-state index contributed by atoms with van der Waals surface area (Å²) >= 11 is 0. The van der Waals surface area contributed by atoms with Gasteiger partial charge in [-0.1, -0.05) is 217 Å². The van der Waals surface area contributed by atoms with E-state index >= 15 is 0 Å². The van der Waals surface area contributed by atoms with E-state index in [2.05, 4.69) is 341 Å². The van der Waals surface area contributed by atoms with Crippen molar-refractivity contribution in [2.24, 2.45) is 0 Å². The van der Waals surface area contributed by atoms with Gasteiger partial charge in [0.15, 0.2) is 11.8 Å². The summed E-state index contributed by atoms with van der Waals surface area (Å²) in [4.78, 5) is 0. The van der Waals surface area contributed by atoms with Crippen molar-refractivity contribution in [1.82, 2.24) is 0 Å². The number of rotatable bonds is 12. The van der Waals surface area contributed by atoms with Gasteiger partial charge >= 0.3 is 89.5 Å². The maximum absolute atomic E-state index is 7.29. The van der Waals surface area contributed by atoms with Crippen LogP contribution < -0.4 is 63.2 Å². The monoisotopic (exact) mass is 2070 g/mol. The predicted octanol–water partition coefficient (Wildman–Crippen LogP) is 14.1. The topological polar surface area (TPSA) is 0 Å². The number of hydrogen-bond acceptors (Lipinski definition) is 0. The minimum atomic E-state index is -1.72. The van der Waals surface area contributed by atoms with Crippen molar-refractivity contribution in [1.29, 1.82) is 0 Å². The summed E-state index contributed by atoms with van der Waals surface area (Å²) in [5.41, 5.74) is 8.47. The summed E-state index contributed by atoms with van der Waals surface area (Å²) in [5, 5.41) is 17.5. The molecular formula is C86H72Au4P4Si2+4. The smallest absolute Gasteiger partial charge is 0.366 e. The SMILES string of the molecule is [Au+].[Au+].[Au+].[Au+].[C-]#Cc1ccc2c(c1)[Si](C)(C)c1cc(C#[C-])ccc1-2.[C-]#Cc1ccc2c(c1)[Si](C)(C)c1cc(C#[C-])ccc1-2.c1ccc([PH+](C[PH+](c2ccccc2)c2ccccc2)c2ccccc2)cc1.c1ccc([PH+](C[PH+](c2ccccc2)c2ccccc2)c2ccccc2)cc1. The zero-order valence-corrected chi connectivity index (χ0v) is 68.3. The normalized spacial score (nSPS) is 11.8. The molecule has 0 atom stereocenters. The molecular weight excluding hydrogens is 2000 g/mol.